The Morgan fingerprint density at radius 3 is 2.73 bits per heavy atom. The number of hydrogen-bond donors (Lipinski definition) is 1. The molecule has 0 atom stereocenters. The van der Waals surface area contributed by atoms with Gasteiger partial charge < -0.3 is 0 Å². The minimum Gasteiger partial charge on any atom is -0.281 e. The smallest absolute Gasteiger partial charge is 0.233 e. The first-order valence-corrected chi connectivity index (χ1v) is 6.46. The number of nitrogens with one attached hydrogen (secondary N) is 1. The van der Waals surface area contributed by atoms with Crippen molar-refractivity contribution in [3.63, 3.8) is 0 Å². The first-order chi connectivity index (χ1) is 6.96. The van der Waals surface area contributed by atoms with Crippen LogP contribution >= 0.6 is 11.6 Å². The van der Waals surface area contributed by atoms with Crippen molar-refractivity contribution in [3.05, 3.63) is 29.6 Å². The molecular formula is C9H11ClFNO2S. The van der Waals surface area contributed by atoms with Crippen LogP contribution in [-0.4, -0.2) is 20.1 Å². The molecule has 1 aromatic rings. The van der Waals surface area contributed by atoms with Crippen LogP contribution in [-0.2, 0) is 10.0 Å². The monoisotopic (exact) mass is 251 g/mol. The molecule has 0 aromatic heterocycles. The summed E-state index contributed by atoms with van der Waals surface area (Å²) in [6.07, 6.45) is 0. The second-order valence-electron chi connectivity index (χ2n) is 3.05. The summed E-state index contributed by atoms with van der Waals surface area (Å²) in [6.45, 7) is 1.56. The lowest BCUT2D eigenvalue weighted by atomic mass is 10.2. The van der Waals surface area contributed by atoms with Gasteiger partial charge in [0, 0.05) is 5.88 Å². The first kappa shape index (κ1) is 12.3. The highest BCUT2D eigenvalue weighted by atomic mass is 35.5. The molecule has 0 saturated carbocycles. The Balaban J connectivity index is 2.95. The highest BCUT2D eigenvalue weighted by Gasteiger charge is 2.12. The Kier molecular flexibility index (Phi) is 3.93. The van der Waals surface area contributed by atoms with E-state index in [1.165, 1.54) is 6.07 Å². The predicted molar refractivity (Wildman–Crippen MR) is 59.3 cm³/mol. The highest BCUT2D eigenvalue weighted by molar-refractivity contribution is 7.92. The minimum atomic E-state index is -3.55. The zero-order valence-corrected chi connectivity index (χ0v) is 9.70. The SMILES string of the molecule is Cc1cccc(NS(=O)(=O)CCCl)c1F. The van der Waals surface area contributed by atoms with Gasteiger partial charge in [-0.3, -0.25) is 4.72 Å². The topological polar surface area (TPSA) is 46.2 Å². The van der Waals surface area contributed by atoms with Crippen LogP contribution in [0.4, 0.5) is 10.1 Å². The molecule has 0 aliphatic heterocycles. The number of hydrogen-bond acceptors (Lipinski definition) is 2. The average Bonchev–Trinajstić information content (AvgIpc) is 2.12. The van der Waals surface area contributed by atoms with E-state index in [0.29, 0.717) is 5.56 Å². The Bertz CT molecular complexity index is 447. The molecule has 84 valence electrons. The Labute approximate surface area is 93.3 Å². The number of benzene rings is 1. The third kappa shape index (κ3) is 3.35. The molecule has 0 bridgehead atoms. The number of halogens is 2. The van der Waals surface area contributed by atoms with Gasteiger partial charge in [-0.25, -0.2) is 12.8 Å². The molecule has 1 N–H and O–H groups in total. The molecule has 15 heavy (non-hydrogen) atoms. The molecule has 6 heteroatoms. The fourth-order valence-electron chi connectivity index (χ4n) is 1.05. The number of alkyl halides is 1. The van der Waals surface area contributed by atoms with Crippen molar-refractivity contribution in [2.24, 2.45) is 0 Å². The van der Waals surface area contributed by atoms with Gasteiger partial charge in [-0.2, -0.15) is 0 Å². The maximum absolute atomic E-state index is 13.4. The van der Waals surface area contributed by atoms with Gasteiger partial charge in [-0.15, -0.1) is 11.6 Å². The van der Waals surface area contributed by atoms with Crippen LogP contribution in [0.5, 0.6) is 0 Å². The Morgan fingerprint density at radius 2 is 2.13 bits per heavy atom. The summed E-state index contributed by atoms with van der Waals surface area (Å²) in [5.74, 6) is -0.819. The normalized spacial score (nSPS) is 11.4. The van der Waals surface area contributed by atoms with Crippen LogP contribution in [0.1, 0.15) is 5.56 Å². The van der Waals surface area contributed by atoms with Gasteiger partial charge in [0.15, 0.2) is 0 Å². The van der Waals surface area contributed by atoms with Crippen LogP contribution in [0.3, 0.4) is 0 Å². The maximum Gasteiger partial charge on any atom is 0.233 e. The molecule has 1 aromatic carbocycles. The van der Waals surface area contributed by atoms with E-state index in [0.717, 1.165) is 0 Å². The van der Waals surface area contributed by atoms with E-state index in [4.69, 9.17) is 11.6 Å². The summed E-state index contributed by atoms with van der Waals surface area (Å²) in [5.41, 5.74) is 0.348. The molecule has 0 saturated heterocycles. The largest absolute Gasteiger partial charge is 0.281 e. The molecule has 0 radical (unpaired) electrons. The van der Waals surface area contributed by atoms with Gasteiger partial charge >= 0.3 is 0 Å². The Morgan fingerprint density at radius 1 is 1.47 bits per heavy atom. The Hall–Kier alpha value is -0.810. The number of sulfonamides is 1. The number of aryl methyl sites for hydroxylation is 1. The molecule has 1 rings (SSSR count). The zero-order chi connectivity index (χ0) is 11.5. The van der Waals surface area contributed by atoms with E-state index < -0.39 is 15.8 Å². The fourth-order valence-corrected chi connectivity index (χ4v) is 2.45. The fraction of sp³-hybridized carbons (Fsp3) is 0.333. The van der Waals surface area contributed by atoms with Gasteiger partial charge in [0.2, 0.25) is 10.0 Å². The molecule has 0 aliphatic rings. The standard InChI is InChI=1S/C9H11ClFNO2S/c1-7-3-2-4-8(9(7)11)12-15(13,14)6-5-10/h2-4,12H,5-6H2,1H3. The van der Waals surface area contributed by atoms with Crippen molar-refractivity contribution >= 4 is 27.3 Å². The average molecular weight is 252 g/mol. The van der Waals surface area contributed by atoms with Crippen LogP contribution in [0.15, 0.2) is 18.2 Å². The van der Waals surface area contributed by atoms with Gasteiger partial charge in [-0.1, -0.05) is 12.1 Å². The zero-order valence-electron chi connectivity index (χ0n) is 8.13. The molecule has 0 amide bonds. The van der Waals surface area contributed by atoms with Crippen LogP contribution in [0.2, 0.25) is 0 Å². The lowest BCUT2D eigenvalue weighted by molar-refractivity contribution is 0.599. The maximum atomic E-state index is 13.4. The van der Waals surface area contributed by atoms with Crippen molar-refractivity contribution in [1.82, 2.24) is 0 Å². The summed E-state index contributed by atoms with van der Waals surface area (Å²) in [4.78, 5) is 0. The summed E-state index contributed by atoms with van der Waals surface area (Å²) in [7, 11) is -3.55. The number of anilines is 1. The molecule has 3 nitrogen and oxygen atoms in total. The molecule has 0 spiro atoms. The number of rotatable bonds is 4. The van der Waals surface area contributed by atoms with Gasteiger partial charge in [-0.05, 0) is 18.6 Å². The van der Waals surface area contributed by atoms with Crippen molar-refractivity contribution < 1.29 is 12.8 Å². The third-order valence-corrected chi connectivity index (χ3v) is 3.49. The summed E-state index contributed by atoms with van der Waals surface area (Å²) in [5, 5.41) is 0. The van der Waals surface area contributed by atoms with Crippen molar-refractivity contribution in [2.75, 3.05) is 16.4 Å². The molecule has 0 heterocycles. The molecule has 0 aliphatic carbocycles. The third-order valence-electron chi connectivity index (χ3n) is 1.80. The van der Waals surface area contributed by atoms with Crippen molar-refractivity contribution in [3.8, 4) is 0 Å². The lowest BCUT2D eigenvalue weighted by Crippen LogP contribution is -2.18. The van der Waals surface area contributed by atoms with E-state index in [1.54, 1.807) is 19.1 Å². The van der Waals surface area contributed by atoms with Crippen LogP contribution in [0, 0.1) is 12.7 Å². The second-order valence-corrected chi connectivity index (χ2v) is 5.27. The van der Waals surface area contributed by atoms with Crippen LogP contribution in [0.25, 0.3) is 0 Å². The predicted octanol–water partition coefficient (Wildman–Crippen LogP) is 2.11. The summed E-state index contributed by atoms with van der Waals surface area (Å²) >= 11 is 5.31. The van der Waals surface area contributed by atoms with E-state index in [2.05, 4.69) is 4.72 Å². The molecule has 0 fully saturated rings. The van der Waals surface area contributed by atoms with Gasteiger partial charge in [0.25, 0.3) is 0 Å². The van der Waals surface area contributed by atoms with Gasteiger partial charge in [0.1, 0.15) is 5.82 Å². The van der Waals surface area contributed by atoms with E-state index in [-0.39, 0.29) is 17.3 Å². The van der Waals surface area contributed by atoms with E-state index in [9.17, 15) is 12.8 Å². The molecule has 0 unspecified atom stereocenters. The van der Waals surface area contributed by atoms with Gasteiger partial charge in [0.05, 0.1) is 11.4 Å². The molecular weight excluding hydrogens is 241 g/mol. The van der Waals surface area contributed by atoms with Crippen molar-refractivity contribution in [1.29, 1.82) is 0 Å². The first-order valence-electron chi connectivity index (χ1n) is 4.28. The van der Waals surface area contributed by atoms with E-state index in [1.807, 2.05) is 0 Å². The lowest BCUT2D eigenvalue weighted by Gasteiger charge is -2.08. The highest BCUT2D eigenvalue weighted by Crippen LogP contribution is 2.18. The summed E-state index contributed by atoms with van der Waals surface area (Å²) in [6, 6.07) is 4.51. The quantitative estimate of drug-likeness (QED) is 0.834. The minimum absolute atomic E-state index is 0.0250. The second kappa shape index (κ2) is 4.81. The summed E-state index contributed by atoms with van der Waals surface area (Å²) < 4.78 is 38.2. The van der Waals surface area contributed by atoms with E-state index >= 15 is 0 Å². The van der Waals surface area contributed by atoms with Crippen molar-refractivity contribution in [2.45, 2.75) is 6.92 Å². The van der Waals surface area contributed by atoms with Crippen LogP contribution < -0.4 is 4.72 Å².